The van der Waals surface area contributed by atoms with Crippen LogP contribution in [0.4, 0.5) is 4.39 Å². The van der Waals surface area contributed by atoms with E-state index in [4.69, 9.17) is 11.6 Å². The molecule has 3 aromatic rings. The van der Waals surface area contributed by atoms with Crippen molar-refractivity contribution in [3.63, 3.8) is 0 Å². The average molecular weight is 322 g/mol. The normalized spacial score (nSPS) is 11.0. The minimum Gasteiger partial charge on any atom is -0.493 e. The summed E-state index contributed by atoms with van der Waals surface area (Å²) >= 11 is 5.71. The number of hydrogen-bond donors (Lipinski definition) is 2. The molecule has 0 atom stereocenters. The highest BCUT2D eigenvalue weighted by molar-refractivity contribution is 6.30. The van der Waals surface area contributed by atoms with Crippen LogP contribution in [0, 0.1) is 5.82 Å². The lowest BCUT2D eigenvalue weighted by molar-refractivity contribution is 0.0688. The largest absolute Gasteiger partial charge is 0.493 e. The van der Waals surface area contributed by atoms with Gasteiger partial charge in [-0.2, -0.15) is 9.61 Å². The first-order chi connectivity index (χ1) is 10.5. The summed E-state index contributed by atoms with van der Waals surface area (Å²) in [5.74, 6) is -2.18. The number of fused-ring (bicyclic) bond motifs is 1. The molecule has 3 rings (SSSR count). The second-order valence-corrected chi connectivity index (χ2v) is 5.00. The quantitative estimate of drug-likeness (QED) is 0.774. The number of carbonyl (C=O) groups is 1. The van der Waals surface area contributed by atoms with Crippen LogP contribution in [0.15, 0.2) is 30.5 Å². The van der Waals surface area contributed by atoms with Crippen LogP contribution in [-0.2, 0) is 6.42 Å². The molecule has 1 aromatic carbocycles. The Bertz CT molecular complexity index is 894. The first-order valence-electron chi connectivity index (χ1n) is 6.20. The molecule has 0 saturated heterocycles. The Kier molecular flexibility index (Phi) is 3.42. The van der Waals surface area contributed by atoms with Gasteiger partial charge < -0.3 is 10.2 Å². The van der Waals surface area contributed by atoms with Crippen molar-refractivity contribution in [2.24, 2.45) is 0 Å². The zero-order valence-electron chi connectivity index (χ0n) is 11.0. The maximum atomic E-state index is 13.2. The van der Waals surface area contributed by atoms with Gasteiger partial charge in [0.15, 0.2) is 11.3 Å². The molecular weight excluding hydrogens is 313 g/mol. The van der Waals surface area contributed by atoms with Crippen molar-refractivity contribution in [1.82, 2.24) is 14.6 Å². The van der Waals surface area contributed by atoms with Crippen molar-refractivity contribution in [3.05, 3.63) is 58.1 Å². The van der Waals surface area contributed by atoms with Gasteiger partial charge in [0.25, 0.3) is 0 Å². The van der Waals surface area contributed by atoms with Gasteiger partial charge in [-0.3, -0.25) is 0 Å². The molecule has 0 aliphatic heterocycles. The number of carboxylic acids is 1. The smallest absolute Gasteiger partial charge is 0.355 e. The Labute approximate surface area is 128 Å². The molecule has 2 aromatic heterocycles. The fraction of sp³-hybridized carbons (Fsp3) is 0.0714. The Morgan fingerprint density at radius 2 is 2.14 bits per heavy atom. The third-order valence-corrected chi connectivity index (χ3v) is 3.46. The van der Waals surface area contributed by atoms with E-state index in [1.807, 2.05) is 0 Å². The van der Waals surface area contributed by atoms with Crippen LogP contribution < -0.4 is 0 Å². The molecule has 0 saturated carbocycles. The molecule has 112 valence electrons. The molecule has 2 N–H and O–H groups in total. The molecule has 6 nitrogen and oxygen atoms in total. The summed E-state index contributed by atoms with van der Waals surface area (Å²) < 4.78 is 14.3. The molecular formula is C14H9ClFN3O3. The number of carboxylic acid groups (broad SMARTS) is 1. The van der Waals surface area contributed by atoms with Gasteiger partial charge in [-0.1, -0.05) is 17.7 Å². The lowest BCUT2D eigenvalue weighted by atomic mass is 10.0. The van der Waals surface area contributed by atoms with Gasteiger partial charge >= 0.3 is 5.97 Å². The van der Waals surface area contributed by atoms with E-state index in [2.05, 4.69) is 10.1 Å². The summed E-state index contributed by atoms with van der Waals surface area (Å²) in [6.45, 7) is 0. The number of halogens is 2. The molecule has 0 fully saturated rings. The number of rotatable bonds is 3. The molecule has 22 heavy (non-hydrogen) atoms. The van der Waals surface area contributed by atoms with Crippen LogP contribution >= 0.6 is 11.6 Å². The first kappa shape index (κ1) is 14.3. The number of aromatic nitrogens is 3. The van der Waals surface area contributed by atoms with Crippen LogP contribution in [0.3, 0.4) is 0 Å². The molecule has 0 unspecified atom stereocenters. The molecule has 2 heterocycles. The number of nitrogens with zero attached hydrogens (tertiary/aromatic N) is 3. The third kappa shape index (κ3) is 2.35. The van der Waals surface area contributed by atoms with Crippen molar-refractivity contribution < 1.29 is 19.4 Å². The third-order valence-electron chi connectivity index (χ3n) is 3.17. The van der Waals surface area contributed by atoms with Gasteiger partial charge in [0, 0.05) is 12.5 Å². The Balaban J connectivity index is 2.15. The maximum absolute atomic E-state index is 13.2. The van der Waals surface area contributed by atoms with Gasteiger partial charge in [-0.05, 0) is 17.7 Å². The van der Waals surface area contributed by atoms with E-state index in [1.165, 1.54) is 30.5 Å². The van der Waals surface area contributed by atoms with Crippen molar-refractivity contribution in [2.45, 2.75) is 6.42 Å². The number of aromatic carboxylic acids is 1. The predicted octanol–water partition coefficient (Wildman–Crippen LogP) is 2.52. The standard InChI is InChI=1S/C14H9ClFN3O3/c15-9-6-7(1-2-10(9)16)5-8-12(14(21)22)18-11-3-4-17-19(11)13(8)20/h1-4,6,20H,5H2,(H,21,22). The molecule has 8 heteroatoms. The Morgan fingerprint density at radius 3 is 2.82 bits per heavy atom. The van der Waals surface area contributed by atoms with Crippen LogP contribution in [0.5, 0.6) is 5.88 Å². The summed E-state index contributed by atoms with van der Waals surface area (Å²) in [7, 11) is 0. The summed E-state index contributed by atoms with van der Waals surface area (Å²) in [5.41, 5.74) is 0.547. The van der Waals surface area contributed by atoms with Gasteiger partial charge in [0.1, 0.15) is 5.82 Å². The second kappa shape index (κ2) is 5.27. The van der Waals surface area contributed by atoms with E-state index in [0.29, 0.717) is 5.56 Å². The van der Waals surface area contributed by atoms with Crippen molar-refractivity contribution in [3.8, 4) is 5.88 Å². The fourth-order valence-electron chi connectivity index (χ4n) is 2.15. The maximum Gasteiger partial charge on any atom is 0.355 e. The minimum atomic E-state index is -1.28. The highest BCUT2D eigenvalue weighted by Gasteiger charge is 2.20. The van der Waals surface area contributed by atoms with Gasteiger partial charge in [-0.15, -0.1) is 0 Å². The van der Waals surface area contributed by atoms with Crippen molar-refractivity contribution in [1.29, 1.82) is 0 Å². The summed E-state index contributed by atoms with van der Waals surface area (Å²) in [5, 5.41) is 23.3. The van der Waals surface area contributed by atoms with Crippen molar-refractivity contribution >= 4 is 23.2 Å². The van der Waals surface area contributed by atoms with Crippen LogP contribution in [0.25, 0.3) is 5.65 Å². The molecule has 0 radical (unpaired) electrons. The second-order valence-electron chi connectivity index (χ2n) is 4.59. The van der Waals surface area contributed by atoms with Crippen LogP contribution in [-0.4, -0.2) is 30.8 Å². The summed E-state index contributed by atoms with van der Waals surface area (Å²) in [6, 6.07) is 5.48. The van der Waals surface area contributed by atoms with Gasteiger partial charge in [0.05, 0.1) is 16.8 Å². The first-order valence-corrected chi connectivity index (χ1v) is 6.58. The van der Waals surface area contributed by atoms with E-state index in [-0.39, 0.29) is 34.2 Å². The van der Waals surface area contributed by atoms with Crippen molar-refractivity contribution in [2.75, 3.05) is 0 Å². The Hall–Kier alpha value is -2.67. The highest BCUT2D eigenvalue weighted by Crippen LogP contribution is 2.26. The van der Waals surface area contributed by atoms with Crippen LogP contribution in [0.2, 0.25) is 5.02 Å². The predicted molar refractivity (Wildman–Crippen MR) is 75.8 cm³/mol. The highest BCUT2D eigenvalue weighted by atomic mass is 35.5. The lowest BCUT2D eigenvalue weighted by Gasteiger charge is -2.10. The summed E-state index contributed by atoms with van der Waals surface area (Å²) in [6.07, 6.45) is 1.42. The Morgan fingerprint density at radius 1 is 1.36 bits per heavy atom. The number of hydrogen-bond acceptors (Lipinski definition) is 4. The SMILES string of the molecule is O=C(O)c1nc2ccnn2c(O)c1Cc1ccc(F)c(Cl)c1. The molecule has 0 aliphatic rings. The number of benzene rings is 1. The lowest BCUT2D eigenvalue weighted by Crippen LogP contribution is -2.10. The zero-order chi connectivity index (χ0) is 15.9. The van der Waals surface area contributed by atoms with E-state index in [0.717, 1.165) is 4.52 Å². The zero-order valence-corrected chi connectivity index (χ0v) is 11.8. The van der Waals surface area contributed by atoms with Crippen LogP contribution in [0.1, 0.15) is 21.6 Å². The summed E-state index contributed by atoms with van der Waals surface area (Å²) in [4.78, 5) is 15.3. The molecule has 0 bridgehead atoms. The minimum absolute atomic E-state index is 0.0241. The molecule has 0 amide bonds. The van der Waals surface area contributed by atoms with E-state index in [9.17, 15) is 19.4 Å². The van der Waals surface area contributed by atoms with Gasteiger partial charge in [-0.25, -0.2) is 14.2 Å². The van der Waals surface area contributed by atoms with E-state index in [1.54, 1.807) is 0 Å². The topological polar surface area (TPSA) is 87.7 Å². The average Bonchev–Trinajstić information content (AvgIpc) is 2.94. The van der Waals surface area contributed by atoms with E-state index >= 15 is 0 Å². The van der Waals surface area contributed by atoms with E-state index < -0.39 is 11.8 Å². The number of aromatic hydroxyl groups is 1. The fourth-order valence-corrected chi connectivity index (χ4v) is 2.36. The molecule has 0 spiro atoms. The molecule has 0 aliphatic carbocycles. The monoisotopic (exact) mass is 321 g/mol. The van der Waals surface area contributed by atoms with Gasteiger partial charge in [0.2, 0.25) is 5.88 Å².